The molecule has 0 aliphatic heterocycles. The van der Waals surface area contributed by atoms with Gasteiger partial charge in [-0.15, -0.1) is 0 Å². The lowest BCUT2D eigenvalue weighted by atomic mass is 10.1. The summed E-state index contributed by atoms with van der Waals surface area (Å²) in [5.41, 5.74) is 2.78. The molecule has 0 radical (unpaired) electrons. The molecule has 1 aromatic heterocycles. The number of hydrogen-bond acceptors (Lipinski definition) is 3. The maximum absolute atomic E-state index is 13.0. The van der Waals surface area contributed by atoms with Crippen LogP contribution in [0.2, 0.25) is 0 Å². The van der Waals surface area contributed by atoms with Crippen LogP contribution >= 0.6 is 0 Å². The van der Waals surface area contributed by atoms with Gasteiger partial charge in [0.15, 0.2) is 0 Å². The standard InChI is InChI=1S/C16H21FN4O/c1-11(8-15(22)18-2)21(3)10-13-9-19-20-16(13)12-4-6-14(17)7-5-12/h4-7,9,11H,8,10H2,1-3H3,(H,18,22)(H,19,20)/t11-/m0/s1. The Labute approximate surface area is 129 Å². The highest BCUT2D eigenvalue weighted by molar-refractivity contribution is 5.76. The van der Waals surface area contributed by atoms with Crippen molar-refractivity contribution in [3.05, 3.63) is 41.8 Å². The number of carbonyl (C=O) groups excluding carboxylic acids is 1. The van der Waals surface area contributed by atoms with E-state index in [9.17, 15) is 9.18 Å². The zero-order valence-electron chi connectivity index (χ0n) is 13.1. The first-order valence-electron chi connectivity index (χ1n) is 7.20. The fourth-order valence-corrected chi connectivity index (χ4v) is 2.25. The number of aromatic nitrogens is 2. The summed E-state index contributed by atoms with van der Waals surface area (Å²) in [7, 11) is 3.60. The molecule has 2 N–H and O–H groups in total. The van der Waals surface area contributed by atoms with Gasteiger partial charge in [0.2, 0.25) is 5.91 Å². The summed E-state index contributed by atoms with van der Waals surface area (Å²) in [6.07, 6.45) is 2.21. The highest BCUT2D eigenvalue weighted by atomic mass is 19.1. The summed E-state index contributed by atoms with van der Waals surface area (Å²) < 4.78 is 13.0. The molecule has 0 aliphatic carbocycles. The molecule has 0 fully saturated rings. The number of carbonyl (C=O) groups is 1. The van der Waals surface area contributed by atoms with Gasteiger partial charge >= 0.3 is 0 Å². The van der Waals surface area contributed by atoms with E-state index in [0.29, 0.717) is 13.0 Å². The van der Waals surface area contributed by atoms with Gasteiger partial charge in [0.05, 0.1) is 11.9 Å². The fraction of sp³-hybridized carbons (Fsp3) is 0.375. The zero-order chi connectivity index (χ0) is 16.1. The molecule has 0 saturated heterocycles. The third kappa shape index (κ3) is 3.92. The second-order valence-corrected chi connectivity index (χ2v) is 5.42. The first-order chi connectivity index (χ1) is 10.5. The molecule has 0 saturated carbocycles. The first-order valence-corrected chi connectivity index (χ1v) is 7.20. The molecule has 2 rings (SSSR count). The largest absolute Gasteiger partial charge is 0.359 e. The van der Waals surface area contributed by atoms with Crippen LogP contribution in [0.5, 0.6) is 0 Å². The molecule has 0 spiro atoms. The average Bonchev–Trinajstić information content (AvgIpc) is 2.95. The van der Waals surface area contributed by atoms with Gasteiger partial charge in [-0.25, -0.2) is 4.39 Å². The van der Waals surface area contributed by atoms with E-state index < -0.39 is 0 Å². The lowest BCUT2D eigenvalue weighted by molar-refractivity contribution is -0.121. The van der Waals surface area contributed by atoms with Gasteiger partial charge in [0, 0.05) is 37.2 Å². The first kappa shape index (κ1) is 16.2. The van der Waals surface area contributed by atoms with Gasteiger partial charge in [-0.3, -0.25) is 14.8 Å². The Balaban J connectivity index is 2.09. The summed E-state index contributed by atoms with van der Waals surface area (Å²) >= 11 is 0. The topological polar surface area (TPSA) is 61.0 Å². The predicted octanol–water partition coefficient (Wildman–Crippen LogP) is 2.17. The van der Waals surface area contributed by atoms with E-state index in [1.54, 1.807) is 25.4 Å². The quantitative estimate of drug-likeness (QED) is 0.860. The highest BCUT2D eigenvalue weighted by Crippen LogP contribution is 2.23. The number of nitrogens with zero attached hydrogens (tertiary/aromatic N) is 2. The Morgan fingerprint density at radius 3 is 2.73 bits per heavy atom. The lowest BCUT2D eigenvalue weighted by Crippen LogP contribution is -2.33. The van der Waals surface area contributed by atoms with Gasteiger partial charge in [-0.2, -0.15) is 5.10 Å². The number of hydrogen-bond donors (Lipinski definition) is 2. The number of H-pyrrole nitrogens is 1. The van der Waals surface area contributed by atoms with E-state index in [0.717, 1.165) is 16.8 Å². The van der Waals surface area contributed by atoms with Crippen molar-refractivity contribution in [2.75, 3.05) is 14.1 Å². The van der Waals surface area contributed by atoms with E-state index in [1.165, 1.54) is 12.1 Å². The monoisotopic (exact) mass is 304 g/mol. The normalized spacial score (nSPS) is 12.4. The van der Waals surface area contributed by atoms with Crippen molar-refractivity contribution in [3.8, 4) is 11.3 Å². The molecule has 0 aliphatic rings. The number of benzene rings is 1. The molecule has 6 heteroatoms. The number of nitrogens with one attached hydrogen (secondary N) is 2. The fourth-order valence-electron chi connectivity index (χ4n) is 2.25. The minimum atomic E-state index is -0.263. The Bertz CT molecular complexity index is 623. The van der Waals surface area contributed by atoms with Crippen LogP contribution in [-0.4, -0.2) is 41.1 Å². The van der Waals surface area contributed by atoms with E-state index in [-0.39, 0.29) is 17.8 Å². The lowest BCUT2D eigenvalue weighted by Gasteiger charge is -2.24. The minimum absolute atomic E-state index is 0.0188. The molecule has 2 aromatic rings. The van der Waals surface area contributed by atoms with Gasteiger partial charge in [-0.05, 0) is 38.2 Å². The summed E-state index contributed by atoms with van der Waals surface area (Å²) in [5, 5.41) is 9.68. The van der Waals surface area contributed by atoms with Crippen LogP contribution in [0.4, 0.5) is 4.39 Å². The summed E-state index contributed by atoms with van der Waals surface area (Å²) in [4.78, 5) is 13.5. The van der Waals surface area contributed by atoms with Crippen LogP contribution < -0.4 is 5.32 Å². The van der Waals surface area contributed by atoms with Crippen molar-refractivity contribution >= 4 is 5.91 Å². The van der Waals surface area contributed by atoms with Crippen LogP contribution in [0.1, 0.15) is 18.9 Å². The number of aromatic amines is 1. The third-order valence-corrected chi connectivity index (χ3v) is 3.78. The summed E-state index contributed by atoms with van der Waals surface area (Å²) in [5.74, 6) is -0.244. The molecule has 1 amide bonds. The van der Waals surface area contributed by atoms with Gasteiger partial charge in [0.25, 0.3) is 0 Å². The van der Waals surface area contributed by atoms with Gasteiger partial charge < -0.3 is 5.32 Å². The smallest absolute Gasteiger partial charge is 0.221 e. The highest BCUT2D eigenvalue weighted by Gasteiger charge is 2.16. The van der Waals surface area contributed by atoms with Crippen molar-refractivity contribution in [2.24, 2.45) is 0 Å². The van der Waals surface area contributed by atoms with Crippen LogP contribution in [0.25, 0.3) is 11.3 Å². The number of halogens is 1. The maximum Gasteiger partial charge on any atom is 0.221 e. The number of amides is 1. The molecule has 22 heavy (non-hydrogen) atoms. The molecule has 1 atom stereocenters. The van der Waals surface area contributed by atoms with Crippen molar-refractivity contribution in [2.45, 2.75) is 25.9 Å². The molecule has 0 unspecified atom stereocenters. The van der Waals surface area contributed by atoms with E-state index in [2.05, 4.69) is 20.4 Å². The molecular formula is C16H21FN4O. The van der Waals surface area contributed by atoms with Crippen molar-refractivity contribution in [1.82, 2.24) is 20.4 Å². The summed E-state index contributed by atoms with van der Waals surface area (Å²) in [6, 6.07) is 6.41. The predicted molar refractivity (Wildman–Crippen MR) is 83.6 cm³/mol. The Morgan fingerprint density at radius 1 is 1.41 bits per heavy atom. The van der Waals surface area contributed by atoms with E-state index in [1.807, 2.05) is 14.0 Å². The van der Waals surface area contributed by atoms with Crippen LogP contribution in [0.3, 0.4) is 0 Å². The maximum atomic E-state index is 13.0. The van der Waals surface area contributed by atoms with Crippen LogP contribution in [-0.2, 0) is 11.3 Å². The second kappa shape index (κ2) is 7.17. The van der Waals surface area contributed by atoms with Crippen LogP contribution in [0, 0.1) is 5.82 Å². The molecule has 118 valence electrons. The average molecular weight is 304 g/mol. The Morgan fingerprint density at radius 2 is 2.09 bits per heavy atom. The summed E-state index contributed by atoms with van der Waals surface area (Å²) in [6.45, 7) is 2.66. The van der Waals surface area contributed by atoms with Crippen molar-refractivity contribution < 1.29 is 9.18 Å². The Kier molecular flexibility index (Phi) is 5.27. The van der Waals surface area contributed by atoms with Gasteiger partial charge in [0.1, 0.15) is 5.82 Å². The molecule has 0 bridgehead atoms. The van der Waals surface area contributed by atoms with Crippen molar-refractivity contribution in [3.63, 3.8) is 0 Å². The number of rotatable bonds is 6. The SMILES string of the molecule is CNC(=O)C[C@H](C)N(C)Cc1cn[nH]c1-c1ccc(F)cc1. The van der Waals surface area contributed by atoms with E-state index >= 15 is 0 Å². The Hall–Kier alpha value is -2.21. The van der Waals surface area contributed by atoms with E-state index in [4.69, 9.17) is 0 Å². The molecule has 5 nitrogen and oxygen atoms in total. The minimum Gasteiger partial charge on any atom is -0.359 e. The van der Waals surface area contributed by atoms with Crippen LogP contribution in [0.15, 0.2) is 30.5 Å². The van der Waals surface area contributed by atoms with Crippen molar-refractivity contribution in [1.29, 1.82) is 0 Å². The van der Waals surface area contributed by atoms with Gasteiger partial charge in [-0.1, -0.05) is 0 Å². The molecular weight excluding hydrogens is 283 g/mol. The molecule has 1 aromatic carbocycles. The zero-order valence-corrected chi connectivity index (χ0v) is 13.1. The third-order valence-electron chi connectivity index (χ3n) is 3.78. The second-order valence-electron chi connectivity index (χ2n) is 5.42. The molecule has 1 heterocycles.